The summed E-state index contributed by atoms with van der Waals surface area (Å²) in [5.74, 6) is 0. The molecule has 4 rings (SSSR count). The van der Waals surface area contributed by atoms with Crippen LogP contribution in [-0.2, 0) is 0 Å². The molecule has 4 aromatic rings. The maximum absolute atomic E-state index is 5.76. The van der Waals surface area contributed by atoms with E-state index in [0.717, 1.165) is 33.5 Å². The van der Waals surface area contributed by atoms with E-state index in [1.54, 1.807) is 0 Å². The molecule has 0 spiro atoms. The third-order valence-corrected chi connectivity index (χ3v) is 3.55. The molecule has 0 radical (unpaired) electrons. The van der Waals surface area contributed by atoms with Crippen LogP contribution in [-0.4, -0.2) is 9.38 Å². The van der Waals surface area contributed by atoms with Crippen LogP contribution in [0.5, 0.6) is 0 Å². The Balaban J connectivity index is 2.11. The predicted octanol–water partition coefficient (Wildman–Crippen LogP) is 3.74. The van der Waals surface area contributed by atoms with E-state index in [-0.39, 0.29) is 0 Å². The van der Waals surface area contributed by atoms with Gasteiger partial charge in [-0.05, 0) is 36.4 Å². The topological polar surface area (TPSA) is 43.3 Å². The minimum atomic E-state index is 0.765. The highest BCUT2D eigenvalue weighted by Crippen LogP contribution is 2.27. The van der Waals surface area contributed by atoms with Crippen molar-refractivity contribution < 1.29 is 0 Å². The zero-order chi connectivity index (χ0) is 13.5. The zero-order valence-electron chi connectivity index (χ0n) is 10.8. The second kappa shape index (κ2) is 4.10. The number of fused-ring (bicyclic) bond motifs is 3. The number of benzene rings is 2. The molecule has 3 heteroatoms. The highest BCUT2D eigenvalue weighted by Gasteiger charge is 2.09. The number of hydrogen-bond donors (Lipinski definition) is 1. The molecule has 2 heterocycles. The number of para-hydroxylation sites is 2. The summed E-state index contributed by atoms with van der Waals surface area (Å²) < 4.78 is 2.17. The average Bonchev–Trinajstić information content (AvgIpc) is 2.97. The van der Waals surface area contributed by atoms with Gasteiger partial charge in [-0.2, -0.15) is 0 Å². The Labute approximate surface area is 116 Å². The SMILES string of the molecule is Nc1ccc(-c2nc3ccccc3n3cccc23)cc1. The molecule has 0 amide bonds. The first-order valence-corrected chi connectivity index (χ1v) is 6.55. The molecule has 0 fully saturated rings. The van der Waals surface area contributed by atoms with Crippen molar-refractivity contribution in [1.29, 1.82) is 0 Å². The van der Waals surface area contributed by atoms with E-state index in [4.69, 9.17) is 10.7 Å². The highest BCUT2D eigenvalue weighted by atomic mass is 14.9. The average molecular weight is 259 g/mol. The van der Waals surface area contributed by atoms with E-state index < -0.39 is 0 Å². The van der Waals surface area contributed by atoms with Crippen LogP contribution in [0.2, 0.25) is 0 Å². The fraction of sp³-hybridized carbons (Fsp3) is 0. The van der Waals surface area contributed by atoms with Gasteiger partial charge in [0.1, 0.15) is 0 Å². The largest absolute Gasteiger partial charge is 0.399 e. The van der Waals surface area contributed by atoms with E-state index in [2.05, 4.69) is 22.7 Å². The molecular formula is C17H13N3. The van der Waals surface area contributed by atoms with Gasteiger partial charge in [-0.1, -0.05) is 24.3 Å². The van der Waals surface area contributed by atoms with Crippen LogP contribution in [0, 0.1) is 0 Å². The molecule has 2 N–H and O–H groups in total. The Bertz CT molecular complexity index is 904. The maximum Gasteiger partial charge on any atom is 0.0950 e. The van der Waals surface area contributed by atoms with Gasteiger partial charge in [-0.15, -0.1) is 0 Å². The molecule has 0 aliphatic rings. The minimum absolute atomic E-state index is 0.765. The van der Waals surface area contributed by atoms with Crippen LogP contribution in [0.1, 0.15) is 0 Å². The summed E-state index contributed by atoms with van der Waals surface area (Å²) in [5.41, 5.74) is 11.8. The van der Waals surface area contributed by atoms with Gasteiger partial charge in [0.05, 0.1) is 22.2 Å². The fourth-order valence-electron chi connectivity index (χ4n) is 2.58. The number of nitrogen functional groups attached to an aromatic ring is 1. The van der Waals surface area contributed by atoms with Crippen molar-refractivity contribution in [2.75, 3.05) is 5.73 Å². The summed E-state index contributed by atoms with van der Waals surface area (Å²) in [6.07, 6.45) is 2.07. The Hall–Kier alpha value is -2.81. The number of anilines is 1. The Kier molecular flexibility index (Phi) is 2.27. The van der Waals surface area contributed by atoms with Crippen LogP contribution in [0.3, 0.4) is 0 Å². The third kappa shape index (κ3) is 1.57. The third-order valence-electron chi connectivity index (χ3n) is 3.55. The number of hydrogen-bond acceptors (Lipinski definition) is 2. The lowest BCUT2D eigenvalue weighted by atomic mass is 10.1. The molecule has 0 unspecified atom stereocenters. The molecule has 0 bridgehead atoms. The summed E-state index contributed by atoms with van der Waals surface area (Å²) >= 11 is 0. The normalized spacial score (nSPS) is 11.2. The van der Waals surface area contributed by atoms with Crippen molar-refractivity contribution in [1.82, 2.24) is 9.38 Å². The minimum Gasteiger partial charge on any atom is -0.399 e. The lowest BCUT2D eigenvalue weighted by molar-refractivity contribution is 1.23. The summed E-state index contributed by atoms with van der Waals surface area (Å²) in [6, 6.07) is 20.1. The van der Waals surface area contributed by atoms with E-state index in [1.165, 1.54) is 0 Å². The van der Waals surface area contributed by atoms with Gasteiger partial charge in [0.2, 0.25) is 0 Å². The second-order valence-corrected chi connectivity index (χ2v) is 4.83. The molecule has 96 valence electrons. The van der Waals surface area contributed by atoms with Crippen molar-refractivity contribution in [3.05, 3.63) is 66.9 Å². The molecule has 2 aromatic carbocycles. The van der Waals surface area contributed by atoms with E-state index >= 15 is 0 Å². The van der Waals surface area contributed by atoms with Gasteiger partial charge < -0.3 is 10.1 Å². The van der Waals surface area contributed by atoms with Crippen molar-refractivity contribution in [2.24, 2.45) is 0 Å². The summed E-state index contributed by atoms with van der Waals surface area (Å²) in [6.45, 7) is 0. The first-order chi connectivity index (χ1) is 9.83. The Morgan fingerprint density at radius 2 is 1.55 bits per heavy atom. The van der Waals surface area contributed by atoms with Gasteiger partial charge in [-0.3, -0.25) is 0 Å². The smallest absolute Gasteiger partial charge is 0.0950 e. The molecule has 2 aromatic heterocycles. The summed E-state index contributed by atoms with van der Waals surface area (Å²) in [5, 5.41) is 0. The molecular weight excluding hydrogens is 246 g/mol. The molecule has 0 saturated heterocycles. The van der Waals surface area contributed by atoms with Crippen molar-refractivity contribution in [2.45, 2.75) is 0 Å². The van der Waals surface area contributed by atoms with Crippen LogP contribution < -0.4 is 5.73 Å². The van der Waals surface area contributed by atoms with Gasteiger partial charge in [0, 0.05) is 17.4 Å². The second-order valence-electron chi connectivity index (χ2n) is 4.83. The lowest BCUT2D eigenvalue weighted by Gasteiger charge is -2.08. The number of aromatic nitrogens is 2. The van der Waals surface area contributed by atoms with Gasteiger partial charge in [-0.25, -0.2) is 4.98 Å². The lowest BCUT2D eigenvalue weighted by Crippen LogP contribution is -1.94. The van der Waals surface area contributed by atoms with Gasteiger partial charge in [0.25, 0.3) is 0 Å². The summed E-state index contributed by atoms with van der Waals surface area (Å²) in [4.78, 5) is 4.81. The number of nitrogens with zero attached hydrogens (tertiary/aromatic N) is 2. The zero-order valence-corrected chi connectivity index (χ0v) is 10.8. The first-order valence-electron chi connectivity index (χ1n) is 6.55. The van der Waals surface area contributed by atoms with E-state index in [9.17, 15) is 0 Å². The number of nitrogens with two attached hydrogens (primary N) is 1. The van der Waals surface area contributed by atoms with E-state index in [0.29, 0.717) is 0 Å². The fourth-order valence-corrected chi connectivity index (χ4v) is 2.58. The van der Waals surface area contributed by atoms with Crippen LogP contribution >= 0.6 is 0 Å². The molecule has 3 nitrogen and oxygen atoms in total. The van der Waals surface area contributed by atoms with Crippen LogP contribution in [0.15, 0.2) is 66.9 Å². The summed E-state index contributed by atoms with van der Waals surface area (Å²) in [7, 11) is 0. The number of rotatable bonds is 1. The van der Waals surface area contributed by atoms with Gasteiger partial charge in [0.15, 0.2) is 0 Å². The molecule has 0 saturated carbocycles. The Morgan fingerprint density at radius 1 is 0.800 bits per heavy atom. The quantitative estimate of drug-likeness (QED) is 0.529. The van der Waals surface area contributed by atoms with E-state index in [1.807, 2.05) is 48.5 Å². The van der Waals surface area contributed by atoms with Gasteiger partial charge >= 0.3 is 0 Å². The maximum atomic E-state index is 5.76. The molecule has 0 aliphatic heterocycles. The van der Waals surface area contributed by atoms with Crippen LogP contribution in [0.4, 0.5) is 5.69 Å². The molecule has 20 heavy (non-hydrogen) atoms. The van der Waals surface area contributed by atoms with Crippen molar-refractivity contribution >= 4 is 22.2 Å². The first kappa shape index (κ1) is 11.1. The predicted molar refractivity (Wildman–Crippen MR) is 82.5 cm³/mol. The molecule has 0 atom stereocenters. The van der Waals surface area contributed by atoms with Crippen molar-refractivity contribution in [3.63, 3.8) is 0 Å². The van der Waals surface area contributed by atoms with Crippen molar-refractivity contribution in [3.8, 4) is 11.3 Å². The monoisotopic (exact) mass is 259 g/mol. The standard InChI is InChI=1S/C17H13N3/c18-13-9-7-12(8-10-13)17-16-6-3-11-20(16)15-5-2-1-4-14(15)19-17/h1-11H,18H2. The Morgan fingerprint density at radius 3 is 2.40 bits per heavy atom. The highest BCUT2D eigenvalue weighted by molar-refractivity contribution is 5.87. The van der Waals surface area contributed by atoms with Crippen LogP contribution in [0.25, 0.3) is 27.8 Å². The molecule has 0 aliphatic carbocycles.